The van der Waals surface area contributed by atoms with Gasteiger partial charge < -0.3 is 11.1 Å². The fourth-order valence-corrected chi connectivity index (χ4v) is 1.68. The summed E-state index contributed by atoms with van der Waals surface area (Å²) >= 11 is 0. The van der Waals surface area contributed by atoms with Crippen LogP contribution in [0.5, 0.6) is 0 Å². The number of anilines is 2. The van der Waals surface area contributed by atoms with Crippen LogP contribution in [0.3, 0.4) is 0 Å². The smallest absolute Gasteiger partial charge is 0.329 e. The number of nitrogens with one attached hydrogen (secondary N) is 1. The Hall–Kier alpha value is -2.04. The number of carbonyl (C=O) groups excluding carboxylic acids is 2. The number of imide groups is 1. The normalized spacial score (nSPS) is 20.1. The van der Waals surface area contributed by atoms with Gasteiger partial charge in [-0.2, -0.15) is 0 Å². The third-order valence-corrected chi connectivity index (χ3v) is 2.58. The summed E-state index contributed by atoms with van der Waals surface area (Å²) in [6, 6.07) is 5.85. The van der Waals surface area contributed by atoms with Gasteiger partial charge in [0.1, 0.15) is 6.04 Å². The minimum Gasteiger partial charge on any atom is -0.399 e. The highest BCUT2D eigenvalue weighted by Crippen LogP contribution is 2.21. The summed E-state index contributed by atoms with van der Waals surface area (Å²) in [5.41, 5.74) is 6.69. The molecule has 5 nitrogen and oxygen atoms in total. The Balaban J connectivity index is 2.31. The number of nitrogen functional groups attached to an aromatic ring is 1. The molecule has 0 saturated carbocycles. The first-order chi connectivity index (χ1) is 7.63. The highest BCUT2D eigenvalue weighted by Gasteiger charge is 2.37. The van der Waals surface area contributed by atoms with E-state index in [1.165, 1.54) is 0 Å². The zero-order valence-corrected chi connectivity index (χ0v) is 8.93. The molecule has 5 heteroatoms. The Kier molecular flexibility index (Phi) is 2.52. The summed E-state index contributed by atoms with van der Waals surface area (Å²) in [5, 5.41) is 2.62. The Morgan fingerprint density at radius 1 is 1.31 bits per heavy atom. The van der Waals surface area contributed by atoms with E-state index in [-0.39, 0.29) is 11.9 Å². The van der Waals surface area contributed by atoms with Gasteiger partial charge in [-0.05, 0) is 30.7 Å². The monoisotopic (exact) mass is 219 g/mol. The molecule has 3 N–H and O–H groups in total. The number of rotatable bonds is 2. The van der Waals surface area contributed by atoms with Crippen LogP contribution in [0.4, 0.5) is 16.2 Å². The summed E-state index contributed by atoms with van der Waals surface area (Å²) < 4.78 is 0. The molecule has 1 fully saturated rings. The van der Waals surface area contributed by atoms with Crippen molar-refractivity contribution >= 4 is 23.3 Å². The van der Waals surface area contributed by atoms with Crippen molar-refractivity contribution in [2.24, 2.45) is 0 Å². The van der Waals surface area contributed by atoms with Crippen molar-refractivity contribution in [1.29, 1.82) is 0 Å². The van der Waals surface area contributed by atoms with E-state index in [0.29, 0.717) is 17.8 Å². The van der Waals surface area contributed by atoms with Gasteiger partial charge in [0.2, 0.25) is 0 Å². The van der Waals surface area contributed by atoms with Gasteiger partial charge in [-0.15, -0.1) is 0 Å². The number of carbonyl (C=O) groups is 2. The van der Waals surface area contributed by atoms with E-state index in [2.05, 4.69) is 5.32 Å². The molecule has 0 bridgehead atoms. The van der Waals surface area contributed by atoms with Crippen LogP contribution >= 0.6 is 0 Å². The summed E-state index contributed by atoms with van der Waals surface area (Å²) in [5.74, 6) is -0.211. The number of nitrogens with two attached hydrogens (primary N) is 1. The lowest BCUT2D eigenvalue weighted by Crippen LogP contribution is -2.31. The van der Waals surface area contributed by atoms with E-state index >= 15 is 0 Å². The molecule has 1 aliphatic heterocycles. The average Bonchev–Trinajstić information content (AvgIpc) is 2.56. The average molecular weight is 219 g/mol. The van der Waals surface area contributed by atoms with Crippen LogP contribution in [0, 0.1) is 0 Å². The summed E-state index contributed by atoms with van der Waals surface area (Å²) in [4.78, 5) is 24.6. The Morgan fingerprint density at radius 2 is 1.94 bits per heavy atom. The van der Waals surface area contributed by atoms with Crippen LogP contribution in [0.2, 0.25) is 0 Å². The van der Waals surface area contributed by atoms with Crippen molar-refractivity contribution in [1.82, 2.24) is 5.32 Å². The van der Waals surface area contributed by atoms with Crippen molar-refractivity contribution in [3.8, 4) is 0 Å². The van der Waals surface area contributed by atoms with Gasteiger partial charge in [-0.3, -0.25) is 4.79 Å². The SMILES string of the molecule is CC[C@@H]1NC(=O)N(c2ccc(N)cc2)C1=O. The Morgan fingerprint density at radius 3 is 2.44 bits per heavy atom. The molecule has 16 heavy (non-hydrogen) atoms. The zero-order valence-electron chi connectivity index (χ0n) is 8.93. The van der Waals surface area contributed by atoms with Gasteiger partial charge in [0, 0.05) is 5.69 Å². The van der Waals surface area contributed by atoms with E-state index in [0.717, 1.165) is 4.90 Å². The predicted octanol–water partition coefficient (Wildman–Crippen LogP) is 1.10. The molecule has 1 saturated heterocycles. The van der Waals surface area contributed by atoms with Crippen LogP contribution in [-0.4, -0.2) is 18.0 Å². The van der Waals surface area contributed by atoms with Gasteiger partial charge in [0.25, 0.3) is 5.91 Å². The molecule has 0 unspecified atom stereocenters. The fraction of sp³-hybridized carbons (Fsp3) is 0.273. The van der Waals surface area contributed by atoms with Gasteiger partial charge in [-0.25, -0.2) is 9.69 Å². The third kappa shape index (κ3) is 1.60. The number of hydrogen-bond donors (Lipinski definition) is 2. The predicted molar refractivity (Wildman–Crippen MR) is 61.0 cm³/mol. The van der Waals surface area contributed by atoms with E-state index < -0.39 is 6.04 Å². The van der Waals surface area contributed by atoms with Crippen molar-refractivity contribution < 1.29 is 9.59 Å². The molecule has 2 rings (SSSR count). The van der Waals surface area contributed by atoms with Gasteiger partial charge in [0.15, 0.2) is 0 Å². The second-order valence-electron chi connectivity index (χ2n) is 3.68. The lowest BCUT2D eigenvalue weighted by atomic mass is 10.2. The number of amides is 3. The highest BCUT2D eigenvalue weighted by molar-refractivity contribution is 6.21. The Labute approximate surface area is 93.2 Å². The van der Waals surface area contributed by atoms with Gasteiger partial charge >= 0.3 is 6.03 Å². The molecule has 1 aromatic carbocycles. The number of benzene rings is 1. The fourth-order valence-electron chi connectivity index (χ4n) is 1.68. The molecule has 1 atom stereocenters. The molecule has 3 amide bonds. The van der Waals surface area contributed by atoms with E-state index in [4.69, 9.17) is 5.73 Å². The minimum absolute atomic E-state index is 0.211. The second-order valence-corrected chi connectivity index (χ2v) is 3.68. The summed E-state index contributed by atoms with van der Waals surface area (Å²) in [7, 11) is 0. The third-order valence-electron chi connectivity index (χ3n) is 2.58. The molecule has 0 aromatic heterocycles. The highest BCUT2D eigenvalue weighted by atomic mass is 16.2. The molecule has 0 spiro atoms. The quantitative estimate of drug-likeness (QED) is 0.577. The van der Waals surface area contributed by atoms with Gasteiger partial charge in [0.05, 0.1) is 5.69 Å². The minimum atomic E-state index is -0.412. The van der Waals surface area contributed by atoms with E-state index in [1.807, 2.05) is 6.92 Å². The number of hydrogen-bond acceptors (Lipinski definition) is 3. The van der Waals surface area contributed by atoms with Crippen LogP contribution in [-0.2, 0) is 4.79 Å². The lowest BCUT2D eigenvalue weighted by Gasteiger charge is -2.12. The first-order valence-corrected chi connectivity index (χ1v) is 5.13. The standard InChI is InChI=1S/C11H13N3O2/c1-2-9-10(15)14(11(16)13-9)8-5-3-7(12)4-6-8/h3-6,9H,2,12H2,1H3,(H,13,16)/t9-/m0/s1. The van der Waals surface area contributed by atoms with Crippen LogP contribution in [0.1, 0.15) is 13.3 Å². The molecule has 1 aliphatic rings. The van der Waals surface area contributed by atoms with Crippen molar-refractivity contribution in [3.63, 3.8) is 0 Å². The van der Waals surface area contributed by atoms with Crippen LogP contribution < -0.4 is 16.0 Å². The molecule has 0 aliphatic carbocycles. The molecule has 1 aromatic rings. The molecule has 84 valence electrons. The molecule has 0 radical (unpaired) electrons. The lowest BCUT2D eigenvalue weighted by molar-refractivity contribution is -0.118. The molecule has 1 heterocycles. The first kappa shape index (κ1) is 10.5. The zero-order chi connectivity index (χ0) is 11.7. The van der Waals surface area contributed by atoms with Crippen molar-refractivity contribution in [2.75, 3.05) is 10.6 Å². The van der Waals surface area contributed by atoms with Crippen LogP contribution in [0.15, 0.2) is 24.3 Å². The first-order valence-electron chi connectivity index (χ1n) is 5.13. The maximum atomic E-state index is 11.8. The maximum absolute atomic E-state index is 11.8. The van der Waals surface area contributed by atoms with Gasteiger partial charge in [-0.1, -0.05) is 6.92 Å². The van der Waals surface area contributed by atoms with E-state index in [9.17, 15) is 9.59 Å². The molecular formula is C11H13N3O2. The summed E-state index contributed by atoms with van der Waals surface area (Å²) in [6.07, 6.45) is 0.593. The molecular weight excluding hydrogens is 206 g/mol. The van der Waals surface area contributed by atoms with Crippen molar-refractivity contribution in [2.45, 2.75) is 19.4 Å². The van der Waals surface area contributed by atoms with Crippen LogP contribution in [0.25, 0.3) is 0 Å². The maximum Gasteiger partial charge on any atom is 0.329 e. The number of urea groups is 1. The second kappa shape index (κ2) is 3.84. The summed E-state index contributed by atoms with van der Waals surface area (Å²) in [6.45, 7) is 1.86. The largest absolute Gasteiger partial charge is 0.399 e. The number of nitrogens with zero attached hydrogens (tertiary/aromatic N) is 1. The van der Waals surface area contributed by atoms with Crippen molar-refractivity contribution in [3.05, 3.63) is 24.3 Å². The Bertz CT molecular complexity index is 427. The van der Waals surface area contributed by atoms with E-state index in [1.54, 1.807) is 24.3 Å². The topological polar surface area (TPSA) is 75.4 Å².